The quantitative estimate of drug-likeness (QED) is 0.802. The van der Waals surface area contributed by atoms with Crippen LogP contribution in [0.3, 0.4) is 0 Å². The number of carbonyl (C=O) groups is 2. The van der Waals surface area contributed by atoms with Gasteiger partial charge in [0.25, 0.3) is 5.91 Å². The zero-order valence-corrected chi connectivity index (χ0v) is 9.27. The van der Waals surface area contributed by atoms with Crippen LogP contribution in [0.4, 0.5) is 0 Å². The van der Waals surface area contributed by atoms with Gasteiger partial charge in [-0.1, -0.05) is 0 Å². The van der Waals surface area contributed by atoms with Gasteiger partial charge in [-0.25, -0.2) is 9.78 Å². The van der Waals surface area contributed by atoms with Crippen molar-refractivity contribution in [3.05, 3.63) is 23.5 Å². The zero-order valence-electron chi connectivity index (χ0n) is 9.27. The SMILES string of the molecule is CNC(=O)c1ccnc(C(=O)O)c1OC1CC1. The van der Waals surface area contributed by atoms with Gasteiger partial charge in [0.15, 0.2) is 11.4 Å². The maximum Gasteiger partial charge on any atom is 0.358 e. The minimum absolute atomic E-state index is 0.000654. The van der Waals surface area contributed by atoms with E-state index in [4.69, 9.17) is 9.84 Å². The average molecular weight is 236 g/mol. The Morgan fingerprint density at radius 3 is 2.76 bits per heavy atom. The molecule has 1 aliphatic rings. The summed E-state index contributed by atoms with van der Waals surface area (Å²) in [5.74, 6) is -1.53. The molecule has 1 aromatic rings. The molecule has 90 valence electrons. The maximum absolute atomic E-state index is 11.6. The number of carboxylic acid groups (broad SMARTS) is 1. The molecule has 1 amide bonds. The highest BCUT2D eigenvalue weighted by Crippen LogP contribution is 2.31. The lowest BCUT2D eigenvalue weighted by Gasteiger charge is -2.11. The first-order valence-electron chi connectivity index (χ1n) is 5.24. The fourth-order valence-corrected chi connectivity index (χ4v) is 1.39. The van der Waals surface area contributed by atoms with Gasteiger partial charge < -0.3 is 15.2 Å². The van der Waals surface area contributed by atoms with E-state index in [-0.39, 0.29) is 29.0 Å². The van der Waals surface area contributed by atoms with Gasteiger partial charge >= 0.3 is 5.97 Å². The van der Waals surface area contributed by atoms with Crippen molar-refractivity contribution in [1.82, 2.24) is 10.3 Å². The molecule has 0 unspecified atom stereocenters. The average Bonchev–Trinajstić information content (AvgIpc) is 3.12. The van der Waals surface area contributed by atoms with Crippen LogP contribution in [-0.4, -0.2) is 35.1 Å². The molecule has 0 aromatic carbocycles. The summed E-state index contributed by atoms with van der Waals surface area (Å²) in [6.07, 6.45) is 3.04. The first-order chi connectivity index (χ1) is 8.13. The smallest absolute Gasteiger partial charge is 0.358 e. The third kappa shape index (κ3) is 2.35. The van der Waals surface area contributed by atoms with Gasteiger partial charge in [-0.2, -0.15) is 0 Å². The molecule has 0 spiro atoms. The van der Waals surface area contributed by atoms with Crippen LogP contribution in [0.15, 0.2) is 12.3 Å². The van der Waals surface area contributed by atoms with E-state index in [2.05, 4.69) is 10.3 Å². The number of nitrogens with zero attached hydrogens (tertiary/aromatic N) is 1. The molecule has 0 atom stereocenters. The number of nitrogens with one attached hydrogen (secondary N) is 1. The number of aromatic carboxylic acids is 1. The summed E-state index contributed by atoms with van der Waals surface area (Å²) in [7, 11) is 1.48. The first kappa shape index (κ1) is 11.4. The third-order valence-electron chi connectivity index (χ3n) is 2.39. The van der Waals surface area contributed by atoms with Crippen molar-refractivity contribution in [3.63, 3.8) is 0 Å². The molecule has 1 aliphatic carbocycles. The summed E-state index contributed by atoms with van der Waals surface area (Å²) in [6, 6.07) is 1.45. The Morgan fingerprint density at radius 1 is 1.53 bits per heavy atom. The number of amides is 1. The fraction of sp³-hybridized carbons (Fsp3) is 0.364. The van der Waals surface area contributed by atoms with Crippen LogP contribution < -0.4 is 10.1 Å². The number of rotatable bonds is 4. The number of aromatic nitrogens is 1. The lowest BCUT2D eigenvalue weighted by molar-refractivity contribution is 0.0685. The number of carbonyl (C=O) groups excluding carboxylic acids is 1. The van der Waals surface area contributed by atoms with Gasteiger partial charge in [-0.15, -0.1) is 0 Å². The minimum atomic E-state index is -1.20. The third-order valence-corrected chi connectivity index (χ3v) is 2.39. The molecular weight excluding hydrogens is 224 g/mol. The summed E-state index contributed by atoms with van der Waals surface area (Å²) < 4.78 is 5.47. The Balaban J connectivity index is 2.45. The second-order valence-electron chi connectivity index (χ2n) is 3.74. The highest BCUT2D eigenvalue weighted by atomic mass is 16.5. The Bertz CT molecular complexity index is 469. The number of hydrogen-bond acceptors (Lipinski definition) is 4. The van der Waals surface area contributed by atoms with Gasteiger partial charge in [-0.05, 0) is 18.9 Å². The standard InChI is InChI=1S/C11H12N2O4/c1-12-10(14)7-4-5-13-8(11(15)16)9(7)17-6-2-3-6/h4-6H,2-3H2,1H3,(H,12,14)(H,15,16). The Labute approximate surface area is 97.6 Å². The van der Waals surface area contributed by atoms with E-state index >= 15 is 0 Å². The van der Waals surface area contributed by atoms with E-state index in [1.807, 2.05) is 0 Å². The molecule has 0 radical (unpaired) electrons. The van der Waals surface area contributed by atoms with Crippen LogP contribution in [0.25, 0.3) is 0 Å². The molecule has 0 bridgehead atoms. The van der Waals surface area contributed by atoms with Gasteiger partial charge in [-0.3, -0.25) is 4.79 Å². The van der Waals surface area contributed by atoms with Crippen LogP contribution in [0.2, 0.25) is 0 Å². The Hall–Kier alpha value is -2.11. The lowest BCUT2D eigenvalue weighted by Crippen LogP contribution is -2.21. The molecular formula is C11H12N2O4. The van der Waals surface area contributed by atoms with E-state index < -0.39 is 5.97 Å². The monoisotopic (exact) mass is 236 g/mol. The molecule has 17 heavy (non-hydrogen) atoms. The maximum atomic E-state index is 11.6. The molecule has 0 aliphatic heterocycles. The highest BCUT2D eigenvalue weighted by molar-refractivity contribution is 6.00. The number of hydrogen-bond donors (Lipinski definition) is 2. The van der Waals surface area contributed by atoms with Gasteiger partial charge in [0.1, 0.15) is 0 Å². The molecule has 1 aromatic heterocycles. The number of pyridine rings is 1. The molecule has 1 heterocycles. The van der Waals surface area contributed by atoms with Crippen molar-refractivity contribution in [2.45, 2.75) is 18.9 Å². The van der Waals surface area contributed by atoms with Crippen molar-refractivity contribution < 1.29 is 19.4 Å². The first-order valence-corrected chi connectivity index (χ1v) is 5.24. The van der Waals surface area contributed by atoms with Crippen LogP contribution in [0.5, 0.6) is 5.75 Å². The van der Waals surface area contributed by atoms with E-state index in [9.17, 15) is 9.59 Å². The van der Waals surface area contributed by atoms with Crippen molar-refractivity contribution in [2.24, 2.45) is 0 Å². The van der Waals surface area contributed by atoms with E-state index in [0.29, 0.717) is 0 Å². The van der Waals surface area contributed by atoms with Crippen LogP contribution in [0.1, 0.15) is 33.7 Å². The predicted molar refractivity (Wildman–Crippen MR) is 58.2 cm³/mol. The van der Waals surface area contributed by atoms with Crippen LogP contribution >= 0.6 is 0 Å². The molecule has 1 fully saturated rings. The van der Waals surface area contributed by atoms with Crippen molar-refractivity contribution in [3.8, 4) is 5.75 Å². The van der Waals surface area contributed by atoms with Crippen molar-refractivity contribution in [1.29, 1.82) is 0 Å². The molecule has 2 rings (SSSR count). The zero-order chi connectivity index (χ0) is 12.4. The van der Waals surface area contributed by atoms with Crippen LogP contribution in [0, 0.1) is 0 Å². The molecule has 1 saturated carbocycles. The summed E-state index contributed by atoms with van der Waals surface area (Å²) in [4.78, 5) is 26.3. The molecule has 2 N–H and O–H groups in total. The van der Waals surface area contributed by atoms with Gasteiger partial charge in [0.2, 0.25) is 0 Å². The highest BCUT2D eigenvalue weighted by Gasteiger charge is 2.29. The van der Waals surface area contributed by atoms with Crippen molar-refractivity contribution >= 4 is 11.9 Å². The lowest BCUT2D eigenvalue weighted by atomic mass is 10.2. The summed E-state index contributed by atoms with van der Waals surface area (Å²) in [5.41, 5.74) is -0.0233. The van der Waals surface area contributed by atoms with E-state index in [0.717, 1.165) is 12.8 Å². The molecule has 6 heteroatoms. The fourth-order valence-electron chi connectivity index (χ4n) is 1.39. The normalized spacial score (nSPS) is 14.2. The van der Waals surface area contributed by atoms with E-state index in [1.165, 1.54) is 19.3 Å². The second kappa shape index (κ2) is 4.40. The second-order valence-corrected chi connectivity index (χ2v) is 3.74. The van der Waals surface area contributed by atoms with Gasteiger partial charge in [0, 0.05) is 13.2 Å². The molecule has 0 saturated heterocycles. The van der Waals surface area contributed by atoms with E-state index in [1.54, 1.807) is 0 Å². The topological polar surface area (TPSA) is 88.5 Å². The Morgan fingerprint density at radius 2 is 2.24 bits per heavy atom. The Kier molecular flexibility index (Phi) is 2.95. The number of ether oxygens (including phenoxy) is 1. The molecule has 6 nitrogen and oxygen atoms in total. The summed E-state index contributed by atoms with van der Waals surface area (Å²) in [6.45, 7) is 0. The van der Waals surface area contributed by atoms with Gasteiger partial charge in [0.05, 0.1) is 11.7 Å². The van der Waals surface area contributed by atoms with Crippen LogP contribution in [-0.2, 0) is 0 Å². The summed E-state index contributed by atoms with van der Waals surface area (Å²) in [5, 5.41) is 11.4. The number of carboxylic acids is 1. The largest absolute Gasteiger partial charge is 0.487 e. The minimum Gasteiger partial charge on any atom is -0.487 e. The summed E-state index contributed by atoms with van der Waals surface area (Å²) >= 11 is 0. The predicted octanol–water partition coefficient (Wildman–Crippen LogP) is 0.681. The van der Waals surface area contributed by atoms with Crippen molar-refractivity contribution in [2.75, 3.05) is 7.05 Å².